The van der Waals surface area contributed by atoms with Crippen LogP contribution in [0.1, 0.15) is 27.7 Å². The van der Waals surface area contributed by atoms with Crippen LogP contribution in [0.3, 0.4) is 0 Å². The highest BCUT2D eigenvalue weighted by molar-refractivity contribution is 5.68. The van der Waals surface area contributed by atoms with Crippen molar-refractivity contribution in [3.8, 4) is 0 Å². The van der Waals surface area contributed by atoms with Crippen molar-refractivity contribution in [3.05, 3.63) is 0 Å². The van der Waals surface area contributed by atoms with E-state index < -0.39 is 5.60 Å². The molecule has 0 aliphatic carbocycles. The summed E-state index contributed by atoms with van der Waals surface area (Å²) in [6, 6.07) is 0. The molecular weight excluding hydrogens is 210 g/mol. The van der Waals surface area contributed by atoms with Crippen LogP contribution in [0.15, 0.2) is 0 Å². The zero-order chi connectivity index (χ0) is 12.3. The Morgan fingerprint density at radius 3 is 2.62 bits per heavy atom. The predicted octanol–water partition coefficient (Wildman–Crippen LogP) is 1.00. The molecule has 2 atom stereocenters. The standard InChI is InChI=1S/C11H21NO4/c1-8-5-12(6-9(7-13)15-8)10(14)16-11(2,3)4/h8-9,13H,5-7H2,1-4H3/t8-,9-/m0/s1. The molecule has 0 bridgehead atoms. The van der Waals surface area contributed by atoms with Crippen molar-refractivity contribution in [1.82, 2.24) is 4.90 Å². The lowest BCUT2D eigenvalue weighted by atomic mass is 10.2. The first-order valence-corrected chi connectivity index (χ1v) is 5.56. The molecule has 1 amide bonds. The molecule has 1 heterocycles. The average molecular weight is 231 g/mol. The summed E-state index contributed by atoms with van der Waals surface area (Å²) >= 11 is 0. The number of amides is 1. The van der Waals surface area contributed by atoms with E-state index in [0.29, 0.717) is 13.1 Å². The third kappa shape index (κ3) is 3.98. The second-order valence-corrected chi connectivity index (χ2v) is 5.14. The molecule has 0 spiro atoms. The lowest BCUT2D eigenvalue weighted by Crippen LogP contribution is -2.51. The minimum Gasteiger partial charge on any atom is -0.444 e. The first-order valence-electron chi connectivity index (χ1n) is 5.56. The van der Waals surface area contributed by atoms with Crippen molar-refractivity contribution in [3.63, 3.8) is 0 Å². The van der Waals surface area contributed by atoms with Crippen LogP contribution >= 0.6 is 0 Å². The number of aliphatic hydroxyl groups is 1. The van der Waals surface area contributed by atoms with Gasteiger partial charge in [-0.05, 0) is 27.7 Å². The summed E-state index contributed by atoms with van der Waals surface area (Å²) in [7, 11) is 0. The van der Waals surface area contributed by atoms with Crippen molar-refractivity contribution in [1.29, 1.82) is 0 Å². The summed E-state index contributed by atoms with van der Waals surface area (Å²) in [6.45, 7) is 8.18. The summed E-state index contributed by atoms with van der Waals surface area (Å²) in [6.07, 6.45) is -0.726. The normalized spacial score (nSPS) is 26.7. The van der Waals surface area contributed by atoms with Gasteiger partial charge in [-0.25, -0.2) is 4.79 Å². The van der Waals surface area contributed by atoms with Gasteiger partial charge in [-0.1, -0.05) is 0 Å². The van der Waals surface area contributed by atoms with Crippen LogP contribution < -0.4 is 0 Å². The van der Waals surface area contributed by atoms with E-state index in [-0.39, 0.29) is 24.9 Å². The summed E-state index contributed by atoms with van der Waals surface area (Å²) in [5.74, 6) is 0. The van der Waals surface area contributed by atoms with E-state index in [2.05, 4.69) is 0 Å². The minimum absolute atomic E-state index is 0.0709. The number of aliphatic hydroxyl groups excluding tert-OH is 1. The van der Waals surface area contributed by atoms with Gasteiger partial charge in [0.1, 0.15) is 5.60 Å². The van der Waals surface area contributed by atoms with E-state index in [1.165, 1.54) is 0 Å². The molecule has 1 N–H and O–H groups in total. The lowest BCUT2D eigenvalue weighted by Gasteiger charge is -2.36. The fourth-order valence-corrected chi connectivity index (χ4v) is 1.62. The first kappa shape index (κ1) is 13.3. The molecule has 1 aliphatic heterocycles. The Kier molecular flexibility index (Phi) is 4.15. The Morgan fingerprint density at radius 2 is 2.12 bits per heavy atom. The van der Waals surface area contributed by atoms with Gasteiger partial charge in [0.2, 0.25) is 0 Å². The quantitative estimate of drug-likeness (QED) is 0.731. The second kappa shape index (κ2) is 5.01. The molecule has 1 aliphatic rings. The van der Waals surface area contributed by atoms with E-state index in [0.717, 1.165) is 0 Å². The molecule has 0 radical (unpaired) electrons. The van der Waals surface area contributed by atoms with Gasteiger partial charge in [-0.15, -0.1) is 0 Å². The molecule has 0 aromatic carbocycles. The van der Waals surface area contributed by atoms with Crippen molar-refractivity contribution in [2.45, 2.75) is 45.5 Å². The molecule has 16 heavy (non-hydrogen) atoms. The van der Waals surface area contributed by atoms with Crippen LogP contribution in [0, 0.1) is 0 Å². The maximum atomic E-state index is 11.8. The Labute approximate surface area is 96.3 Å². The zero-order valence-corrected chi connectivity index (χ0v) is 10.4. The third-order valence-electron chi connectivity index (χ3n) is 2.18. The second-order valence-electron chi connectivity index (χ2n) is 5.14. The van der Waals surface area contributed by atoms with Gasteiger partial charge in [0.15, 0.2) is 0 Å². The van der Waals surface area contributed by atoms with Crippen molar-refractivity contribution < 1.29 is 19.4 Å². The Bertz CT molecular complexity index is 249. The molecule has 1 fully saturated rings. The topological polar surface area (TPSA) is 59.0 Å². The molecule has 94 valence electrons. The fourth-order valence-electron chi connectivity index (χ4n) is 1.62. The zero-order valence-electron chi connectivity index (χ0n) is 10.4. The van der Waals surface area contributed by atoms with Crippen molar-refractivity contribution >= 4 is 6.09 Å². The highest BCUT2D eigenvalue weighted by Crippen LogP contribution is 2.15. The third-order valence-corrected chi connectivity index (χ3v) is 2.18. The molecular formula is C11H21NO4. The number of carbonyl (C=O) groups excluding carboxylic acids is 1. The van der Waals surface area contributed by atoms with Gasteiger partial charge in [0, 0.05) is 0 Å². The van der Waals surface area contributed by atoms with Gasteiger partial charge < -0.3 is 19.5 Å². The molecule has 0 unspecified atom stereocenters. The van der Waals surface area contributed by atoms with Crippen LogP contribution in [-0.4, -0.2) is 53.6 Å². The number of morpholine rings is 1. The summed E-state index contributed by atoms with van der Waals surface area (Å²) in [4.78, 5) is 13.4. The highest BCUT2D eigenvalue weighted by Gasteiger charge is 2.30. The largest absolute Gasteiger partial charge is 0.444 e. The fraction of sp³-hybridized carbons (Fsp3) is 0.909. The van der Waals surface area contributed by atoms with Crippen molar-refractivity contribution in [2.24, 2.45) is 0 Å². The maximum Gasteiger partial charge on any atom is 0.410 e. The molecule has 1 saturated heterocycles. The Hall–Kier alpha value is -0.810. The minimum atomic E-state index is -0.493. The number of rotatable bonds is 1. The number of ether oxygens (including phenoxy) is 2. The van der Waals surface area contributed by atoms with Gasteiger partial charge in [0.25, 0.3) is 0 Å². The lowest BCUT2D eigenvalue weighted by molar-refractivity contribution is -0.0956. The Balaban J connectivity index is 2.55. The first-order chi connectivity index (χ1) is 7.31. The number of hydrogen-bond acceptors (Lipinski definition) is 4. The predicted molar refractivity (Wildman–Crippen MR) is 59.2 cm³/mol. The molecule has 5 nitrogen and oxygen atoms in total. The van der Waals surface area contributed by atoms with Crippen LogP contribution in [-0.2, 0) is 9.47 Å². The average Bonchev–Trinajstić information content (AvgIpc) is 2.14. The van der Waals surface area contributed by atoms with Crippen LogP contribution in [0.4, 0.5) is 4.79 Å². The van der Waals surface area contributed by atoms with Gasteiger partial charge in [-0.3, -0.25) is 0 Å². The van der Waals surface area contributed by atoms with Gasteiger partial charge >= 0.3 is 6.09 Å². The van der Waals surface area contributed by atoms with E-state index in [4.69, 9.17) is 14.6 Å². The number of nitrogens with zero attached hydrogens (tertiary/aromatic N) is 1. The van der Waals surface area contributed by atoms with Crippen LogP contribution in [0.25, 0.3) is 0 Å². The van der Waals surface area contributed by atoms with Gasteiger partial charge in [-0.2, -0.15) is 0 Å². The number of carbonyl (C=O) groups is 1. The van der Waals surface area contributed by atoms with E-state index in [1.54, 1.807) is 4.90 Å². The molecule has 0 aromatic heterocycles. The van der Waals surface area contributed by atoms with E-state index >= 15 is 0 Å². The van der Waals surface area contributed by atoms with Crippen LogP contribution in [0.2, 0.25) is 0 Å². The Morgan fingerprint density at radius 1 is 1.50 bits per heavy atom. The monoisotopic (exact) mass is 231 g/mol. The molecule has 0 aromatic rings. The summed E-state index contributed by atoms with van der Waals surface area (Å²) < 4.78 is 10.7. The highest BCUT2D eigenvalue weighted by atomic mass is 16.6. The van der Waals surface area contributed by atoms with Crippen molar-refractivity contribution in [2.75, 3.05) is 19.7 Å². The molecule has 5 heteroatoms. The van der Waals surface area contributed by atoms with E-state index in [1.807, 2.05) is 27.7 Å². The summed E-state index contributed by atoms with van der Waals surface area (Å²) in [5.41, 5.74) is -0.493. The smallest absolute Gasteiger partial charge is 0.410 e. The molecule has 1 rings (SSSR count). The summed E-state index contributed by atoms with van der Waals surface area (Å²) in [5, 5.41) is 9.04. The van der Waals surface area contributed by atoms with E-state index in [9.17, 15) is 4.79 Å². The maximum absolute atomic E-state index is 11.8. The molecule has 0 saturated carbocycles. The number of hydrogen-bond donors (Lipinski definition) is 1. The van der Waals surface area contributed by atoms with Gasteiger partial charge in [0.05, 0.1) is 31.9 Å². The SMILES string of the molecule is C[C@H]1CN(C(=O)OC(C)(C)C)C[C@@H](CO)O1. The van der Waals surface area contributed by atoms with Crippen LogP contribution in [0.5, 0.6) is 0 Å².